The molecule has 3 rings (SSSR count). The molecule has 0 aromatic carbocycles. The lowest BCUT2D eigenvalue weighted by Gasteiger charge is -2.57. The van der Waals surface area contributed by atoms with Crippen LogP contribution in [0.15, 0.2) is 36.0 Å². The largest absolute Gasteiger partial charge is 0.428 e. The van der Waals surface area contributed by atoms with E-state index in [9.17, 15) is 4.79 Å². The average molecular weight is 330 g/mol. The molecule has 3 nitrogen and oxygen atoms in total. The zero-order valence-corrected chi connectivity index (χ0v) is 15.4. The number of allylic oxidation sites excluding steroid dienone is 2. The van der Waals surface area contributed by atoms with Crippen LogP contribution in [0.5, 0.6) is 0 Å². The number of rotatable bonds is 3. The van der Waals surface area contributed by atoms with Gasteiger partial charge in [-0.25, -0.2) is 4.79 Å². The van der Waals surface area contributed by atoms with E-state index in [1.165, 1.54) is 31.3 Å². The van der Waals surface area contributed by atoms with Gasteiger partial charge in [0.2, 0.25) is 6.29 Å². The summed E-state index contributed by atoms with van der Waals surface area (Å²) in [6.45, 7) is 11.6. The summed E-state index contributed by atoms with van der Waals surface area (Å²) in [4.78, 5) is 11.9. The third-order valence-electron chi connectivity index (χ3n) is 6.66. The summed E-state index contributed by atoms with van der Waals surface area (Å²) in [5, 5.41) is 0. The molecule has 0 saturated heterocycles. The molecular formula is C21H30O3. The van der Waals surface area contributed by atoms with Crippen LogP contribution < -0.4 is 0 Å². The number of cyclic esters (lactones) is 1. The van der Waals surface area contributed by atoms with Crippen LogP contribution in [0, 0.1) is 22.7 Å². The normalized spacial score (nSPS) is 38.8. The number of hydrogen-bond donors (Lipinski definition) is 0. The lowest BCUT2D eigenvalue weighted by atomic mass is 9.47. The lowest BCUT2D eigenvalue weighted by molar-refractivity contribution is -0.154. The highest BCUT2D eigenvalue weighted by molar-refractivity contribution is 5.93. The molecule has 0 radical (unpaired) electrons. The van der Waals surface area contributed by atoms with E-state index < -0.39 is 6.29 Å². The third kappa shape index (κ3) is 2.88. The Kier molecular flexibility index (Phi) is 4.50. The van der Waals surface area contributed by atoms with Gasteiger partial charge in [0.1, 0.15) is 0 Å². The Morgan fingerprint density at radius 2 is 2.08 bits per heavy atom. The quantitative estimate of drug-likeness (QED) is 0.551. The number of carbonyl (C=O) groups is 1. The monoisotopic (exact) mass is 330 g/mol. The van der Waals surface area contributed by atoms with Crippen molar-refractivity contribution in [2.75, 3.05) is 7.11 Å². The molecule has 0 aromatic rings. The smallest absolute Gasteiger partial charge is 0.340 e. The topological polar surface area (TPSA) is 35.5 Å². The molecule has 4 atom stereocenters. The number of carbonyl (C=O) groups excluding carboxylic acids is 1. The Morgan fingerprint density at radius 3 is 2.75 bits per heavy atom. The number of hydrogen-bond acceptors (Lipinski definition) is 3. The van der Waals surface area contributed by atoms with Gasteiger partial charge in [0.15, 0.2) is 0 Å². The molecule has 0 amide bonds. The Bertz CT molecular complexity index is 598. The van der Waals surface area contributed by atoms with Crippen molar-refractivity contribution < 1.29 is 14.3 Å². The number of esters is 1. The van der Waals surface area contributed by atoms with Crippen LogP contribution in [0.1, 0.15) is 52.9 Å². The zero-order valence-electron chi connectivity index (χ0n) is 15.4. The molecule has 0 spiro atoms. The van der Waals surface area contributed by atoms with Crippen LogP contribution in [-0.4, -0.2) is 19.4 Å². The maximum atomic E-state index is 11.9. The third-order valence-corrected chi connectivity index (χ3v) is 6.66. The van der Waals surface area contributed by atoms with Crippen LogP contribution in [-0.2, 0) is 14.3 Å². The first-order valence-corrected chi connectivity index (χ1v) is 9.09. The van der Waals surface area contributed by atoms with Gasteiger partial charge in [-0.15, -0.1) is 0 Å². The highest BCUT2D eigenvalue weighted by Gasteiger charge is 2.52. The van der Waals surface area contributed by atoms with Gasteiger partial charge in [0.05, 0.1) is 5.57 Å². The molecule has 2 aliphatic carbocycles. The molecule has 0 bridgehead atoms. The Hall–Kier alpha value is -1.35. The highest BCUT2D eigenvalue weighted by Crippen LogP contribution is 2.61. The summed E-state index contributed by atoms with van der Waals surface area (Å²) in [6, 6.07) is 0. The predicted octanol–water partition coefficient (Wildman–Crippen LogP) is 4.80. The van der Waals surface area contributed by atoms with Gasteiger partial charge >= 0.3 is 5.97 Å². The molecule has 3 aliphatic rings. The number of methoxy groups -OCH3 is 1. The molecule has 0 N–H and O–H groups in total. The molecular weight excluding hydrogens is 300 g/mol. The van der Waals surface area contributed by atoms with E-state index in [-0.39, 0.29) is 11.4 Å². The highest BCUT2D eigenvalue weighted by atomic mass is 16.7. The van der Waals surface area contributed by atoms with E-state index in [0.717, 1.165) is 6.42 Å². The van der Waals surface area contributed by atoms with E-state index in [1.807, 2.05) is 6.08 Å². The van der Waals surface area contributed by atoms with Crippen LogP contribution >= 0.6 is 0 Å². The molecule has 0 aromatic heterocycles. The van der Waals surface area contributed by atoms with E-state index in [4.69, 9.17) is 9.47 Å². The van der Waals surface area contributed by atoms with Crippen molar-refractivity contribution in [2.24, 2.45) is 22.7 Å². The van der Waals surface area contributed by atoms with Crippen molar-refractivity contribution in [1.29, 1.82) is 0 Å². The van der Waals surface area contributed by atoms with Gasteiger partial charge in [0, 0.05) is 13.0 Å². The van der Waals surface area contributed by atoms with Crippen molar-refractivity contribution in [1.82, 2.24) is 0 Å². The Balaban J connectivity index is 1.87. The summed E-state index contributed by atoms with van der Waals surface area (Å²) < 4.78 is 10.2. The SMILES string of the molecule is C=C1CC[C@H]2C(C)(C)CCC[C@]2(C)[C@H]1C=CC1=CC(OC)OC1=O. The molecule has 24 heavy (non-hydrogen) atoms. The van der Waals surface area contributed by atoms with E-state index in [2.05, 4.69) is 33.4 Å². The molecule has 1 aliphatic heterocycles. The fraction of sp³-hybridized carbons (Fsp3) is 0.667. The van der Waals surface area contributed by atoms with Crippen molar-refractivity contribution in [3.63, 3.8) is 0 Å². The van der Waals surface area contributed by atoms with Crippen LogP contribution in [0.25, 0.3) is 0 Å². The second-order valence-corrected chi connectivity index (χ2v) is 8.57. The summed E-state index contributed by atoms with van der Waals surface area (Å²) in [5.41, 5.74) is 2.51. The van der Waals surface area contributed by atoms with E-state index >= 15 is 0 Å². The van der Waals surface area contributed by atoms with Crippen LogP contribution in [0.2, 0.25) is 0 Å². The lowest BCUT2D eigenvalue weighted by Crippen LogP contribution is -2.48. The van der Waals surface area contributed by atoms with Crippen LogP contribution in [0.4, 0.5) is 0 Å². The predicted molar refractivity (Wildman–Crippen MR) is 95.2 cm³/mol. The fourth-order valence-electron chi connectivity index (χ4n) is 5.43. The minimum absolute atomic E-state index is 0.233. The Morgan fingerprint density at radius 1 is 1.33 bits per heavy atom. The minimum Gasteiger partial charge on any atom is -0.428 e. The summed E-state index contributed by atoms with van der Waals surface area (Å²) in [7, 11) is 1.54. The molecule has 2 saturated carbocycles. The summed E-state index contributed by atoms with van der Waals surface area (Å²) >= 11 is 0. The van der Waals surface area contributed by atoms with Gasteiger partial charge < -0.3 is 9.47 Å². The van der Waals surface area contributed by atoms with E-state index in [1.54, 1.807) is 13.2 Å². The molecule has 1 unspecified atom stereocenters. The second-order valence-electron chi connectivity index (χ2n) is 8.57. The molecule has 132 valence electrons. The van der Waals surface area contributed by atoms with E-state index in [0.29, 0.717) is 22.8 Å². The number of ether oxygens (including phenoxy) is 2. The van der Waals surface area contributed by atoms with Crippen LogP contribution in [0.3, 0.4) is 0 Å². The van der Waals surface area contributed by atoms with Gasteiger partial charge in [-0.2, -0.15) is 0 Å². The molecule has 3 heteroatoms. The van der Waals surface area contributed by atoms with Crippen molar-refractivity contribution in [3.8, 4) is 0 Å². The number of fused-ring (bicyclic) bond motifs is 1. The maximum Gasteiger partial charge on any atom is 0.340 e. The van der Waals surface area contributed by atoms with Gasteiger partial charge in [-0.1, -0.05) is 51.5 Å². The molecule has 1 heterocycles. The van der Waals surface area contributed by atoms with Crippen molar-refractivity contribution in [3.05, 3.63) is 36.0 Å². The van der Waals surface area contributed by atoms with Gasteiger partial charge in [-0.05, 0) is 48.5 Å². The first-order valence-electron chi connectivity index (χ1n) is 9.09. The fourth-order valence-corrected chi connectivity index (χ4v) is 5.43. The summed E-state index contributed by atoms with van der Waals surface area (Å²) in [5.74, 6) is 0.728. The second kappa shape index (κ2) is 6.18. The first-order chi connectivity index (χ1) is 11.3. The zero-order chi connectivity index (χ0) is 17.5. The maximum absolute atomic E-state index is 11.9. The van der Waals surface area contributed by atoms with Gasteiger partial charge in [0.25, 0.3) is 0 Å². The molecule has 2 fully saturated rings. The summed E-state index contributed by atoms with van der Waals surface area (Å²) in [6.07, 6.45) is 11.5. The Labute approximate surface area is 145 Å². The minimum atomic E-state index is -0.552. The van der Waals surface area contributed by atoms with Crippen molar-refractivity contribution in [2.45, 2.75) is 59.2 Å². The first kappa shape index (κ1) is 17.5. The standard InChI is InChI=1S/C21H30O3/c1-14-7-10-17-20(2,3)11-6-12-21(17,4)16(14)9-8-15-13-18(23-5)24-19(15)22/h8-9,13,16-18H,1,6-7,10-12H2,2-5H3/t16-,17-,18?,21+/m0/s1. The van der Waals surface area contributed by atoms with Gasteiger partial charge in [-0.3, -0.25) is 0 Å². The van der Waals surface area contributed by atoms with Crippen molar-refractivity contribution >= 4 is 5.97 Å². The average Bonchev–Trinajstić information content (AvgIpc) is 2.86.